The van der Waals surface area contributed by atoms with Crippen LogP contribution in [0.4, 0.5) is 0 Å². The fourth-order valence-corrected chi connectivity index (χ4v) is 5.46. The Morgan fingerprint density at radius 1 is 1.06 bits per heavy atom. The van der Waals surface area contributed by atoms with Crippen LogP contribution in [-0.4, -0.2) is 50.6 Å². The summed E-state index contributed by atoms with van der Waals surface area (Å²) >= 11 is 1.50. The molecule has 1 aromatic heterocycles. The quantitative estimate of drug-likeness (QED) is 0.632. The van der Waals surface area contributed by atoms with Crippen molar-refractivity contribution in [2.24, 2.45) is 0 Å². The van der Waals surface area contributed by atoms with Gasteiger partial charge in [-0.2, -0.15) is 0 Å². The van der Waals surface area contributed by atoms with E-state index in [-0.39, 0.29) is 17.2 Å². The first-order chi connectivity index (χ1) is 15.7. The first kappa shape index (κ1) is 20.9. The van der Waals surface area contributed by atoms with E-state index in [1.807, 2.05) is 71.1 Å². The fourth-order valence-electron chi connectivity index (χ4n) is 4.30. The molecule has 32 heavy (non-hydrogen) atoms. The Kier molecular flexibility index (Phi) is 6.03. The van der Waals surface area contributed by atoms with Crippen LogP contribution in [0, 0.1) is 0 Å². The van der Waals surface area contributed by atoms with Gasteiger partial charge in [0.2, 0.25) is 11.1 Å². The van der Waals surface area contributed by atoms with E-state index >= 15 is 0 Å². The minimum atomic E-state index is -0.314. The van der Waals surface area contributed by atoms with Gasteiger partial charge in [-0.05, 0) is 43.9 Å². The smallest absolute Gasteiger partial charge is 0.238 e. The van der Waals surface area contributed by atoms with E-state index in [2.05, 4.69) is 15.6 Å². The largest absolute Gasteiger partial charge is 0.494 e. The van der Waals surface area contributed by atoms with Crippen LogP contribution in [0.2, 0.25) is 0 Å². The van der Waals surface area contributed by atoms with Crippen molar-refractivity contribution in [1.29, 1.82) is 0 Å². The highest BCUT2D eigenvalue weighted by Crippen LogP contribution is 2.40. The number of rotatable bonds is 5. The van der Waals surface area contributed by atoms with Crippen LogP contribution < -0.4 is 10.2 Å². The minimum absolute atomic E-state index is 0.164. The van der Waals surface area contributed by atoms with Crippen LogP contribution >= 0.6 is 11.8 Å². The van der Waals surface area contributed by atoms with Gasteiger partial charge in [-0.3, -0.25) is 4.79 Å². The molecule has 0 spiro atoms. The third-order valence-electron chi connectivity index (χ3n) is 5.93. The number of nitrogens with one attached hydrogen (secondary N) is 1. The third kappa shape index (κ3) is 4.07. The van der Waals surface area contributed by atoms with Crippen molar-refractivity contribution in [2.75, 3.05) is 25.1 Å². The fraction of sp³-hybridized carbons (Fsp3) is 0.375. The van der Waals surface area contributed by atoms with Gasteiger partial charge < -0.3 is 15.1 Å². The number of carbonyl (C=O) groups is 1. The standard InChI is InChI=1S/C24H27N5O2S/c1-2-31-19-13-11-17(12-14-19)20-21(23(30)28-15-7-4-8-16-28)32-24-26-25-22(29(24)27-20)18-9-5-3-6-10-18/h3,5-6,9-14,20-21,27H,2,4,7-8,15-16H2,1H3/t20-,21-/m1/s1. The molecule has 5 rings (SSSR count). The summed E-state index contributed by atoms with van der Waals surface area (Å²) in [4.78, 5) is 15.6. The summed E-state index contributed by atoms with van der Waals surface area (Å²) in [6.45, 7) is 4.25. The Hall–Kier alpha value is -3.00. The summed E-state index contributed by atoms with van der Waals surface area (Å²) < 4.78 is 7.53. The first-order valence-corrected chi connectivity index (χ1v) is 12.1. The maximum absolute atomic E-state index is 13.6. The lowest BCUT2D eigenvalue weighted by atomic mass is 10.0. The van der Waals surface area contributed by atoms with Crippen molar-refractivity contribution in [3.05, 3.63) is 60.2 Å². The molecule has 0 aliphatic carbocycles. The molecule has 0 saturated carbocycles. The zero-order valence-corrected chi connectivity index (χ0v) is 18.9. The summed E-state index contributed by atoms with van der Waals surface area (Å²) in [6, 6.07) is 17.8. The zero-order chi connectivity index (χ0) is 21.9. The maximum atomic E-state index is 13.6. The van der Waals surface area contributed by atoms with Gasteiger partial charge in [0.1, 0.15) is 11.0 Å². The molecule has 0 bridgehead atoms. The predicted octanol–water partition coefficient (Wildman–Crippen LogP) is 4.12. The Morgan fingerprint density at radius 2 is 1.81 bits per heavy atom. The molecule has 1 N–H and O–H groups in total. The maximum Gasteiger partial charge on any atom is 0.238 e. The van der Waals surface area contributed by atoms with Crippen LogP contribution in [0.15, 0.2) is 59.8 Å². The molecule has 3 aromatic rings. The van der Waals surface area contributed by atoms with Crippen LogP contribution in [0.5, 0.6) is 5.75 Å². The highest BCUT2D eigenvalue weighted by molar-refractivity contribution is 8.00. The highest BCUT2D eigenvalue weighted by Gasteiger charge is 2.40. The third-order valence-corrected chi connectivity index (χ3v) is 7.13. The number of amides is 1. The van der Waals surface area contributed by atoms with Crippen LogP contribution in [0.3, 0.4) is 0 Å². The van der Waals surface area contributed by atoms with Gasteiger partial charge in [0.15, 0.2) is 5.82 Å². The summed E-state index contributed by atoms with van der Waals surface area (Å²) in [7, 11) is 0. The van der Waals surface area contributed by atoms with E-state index in [1.165, 1.54) is 18.2 Å². The minimum Gasteiger partial charge on any atom is -0.494 e. The van der Waals surface area contributed by atoms with Crippen LogP contribution in [-0.2, 0) is 4.79 Å². The molecule has 0 unspecified atom stereocenters. The Bertz CT molecular complexity index is 1060. The zero-order valence-electron chi connectivity index (χ0n) is 18.1. The molecule has 166 valence electrons. The second-order valence-corrected chi connectivity index (χ2v) is 9.15. The second kappa shape index (κ2) is 9.24. The number of piperidine rings is 1. The SMILES string of the molecule is CCOc1ccc([C@H]2Nn3c(nnc3-c3ccccc3)S[C@H]2C(=O)N2CCCCC2)cc1. The Balaban J connectivity index is 1.50. The molecule has 0 radical (unpaired) electrons. The Labute approximate surface area is 192 Å². The van der Waals surface area contributed by atoms with Crippen molar-refractivity contribution < 1.29 is 9.53 Å². The summed E-state index contributed by atoms with van der Waals surface area (Å²) in [6.07, 6.45) is 3.33. The van der Waals surface area contributed by atoms with Gasteiger partial charge in [-0.1, -0.05) is 54.2 Å². The van der Waals surface area contributed by atoms with Gasteiger partial charge in [0.05, 0.1) is 12.6 Å². The predicted molar refractivity (Wildman–Crippen MR) is 125 cm³/mol. The second-order valence-electron chi connectivity index (χ2n) is 8.04. The van der Waals surface area contributed by atoms with E-state index in [0.717, 1.165) is 48.6 Å². The number of hydrogen-bond acceptors (Lipinski definition) is 6. The average molecular weight is 450 g/mol. The molecule has 1 amide bonds. The van der Waals surface area contributed by atoms with Crippen molar-refractivity contribution in [3.63, 3.8) is 0 Å². The summed E-state index contributed by atoms with van der Waals surface area (Å²) in [5.74, 6) is 1.73. The number of benzene rings is 2. The molecule has 2 atom stereocenters. The molecule has 3 heterocycles. The van der Waals surface area contributed by atoms with E-state index < -0.39 is 0 Å². The molecule has 1 saturated heterocycles. The number of carbonyl (C=O) groups excluding carboxylic acids is 1. The number of hydrogen-bond donors (Lipinski definition) is 1. The number of thioether (sulfide) groups is 1. The topological polar surface area (TPSA) is 72.3 Å². The molecule has 1 fully saturated rings. The lowest BCUT2D eigenvalue weighted by Crippen LogP contribution is -2.47. The monoisotopic (exact) mass is 449 g/mol. The van der Waals surface area contributed by atoms with Gasteiger partial charge >= 0.3 is 0 Å². The van der Waals surface area contributed by atoms with Crippen molar-refractivity contribution in [3.8, 4) is 17.1 Å². The number of fused-ring (bicyclic) bond motifs is 1. The molecule has 8 heteroatoms. The lowest BCUT2D eigenvalue weighted by Gasteiger charge is -2.37. The van der Waals surface area contributed by atoms with Crippen molar-refractivity contribution in [2.45, 2.75) is 42.6 Å². The summed E-state index contributed by atoms with van der Waals surface area (Å²) in [5.41, 5.74) is 5.58. The van der Waals surface area contributed by atoms with Gasteiger partial charge in [-0.15, -0.1) is 10.2 Å². The number of nitrogens with zero attached hydrogens (tertiary/aromatic N) is 4. The Morgan fingerprint density at radius 3 is 2.53 bits per heavy atom. The molecule has 2 aromatic carbocycles. The van der Waals surface area contributed by atoms with Crippen LogP contribution in [0.1, 0.15) is 37.8 Å². The highest BCUT2D eigenvalue weighted by atomic mass is 32.2. The average Bonchev–Trinajstić information content (AvgIpc) is 3.27. The normalized spacial score (nSPS) is 20.3. The molecular formula is C24H27N5O2S. The van der Waals surface area contributed by atoms with Gasteiger partial charge in [0.25, 0.3) is 0 Å². The molecule has 7 nitrogen and oxygen atoms in total. The van der Waals surface area contributed by atoms with E-state index in [0.29, 0.717) is 11.8 Å². The molecule has 2 aliphatic rings. The lowest BCUT2D eigenvalue weighted by molar-refractivity contribution is -0.131. The summed E-state index contributed by atoms with van der Waals surface area (Å²) in [5, 5.41) is 9.22. The van der Waals surface area contributed by atoms with Gasteiger partial charge in [0, 0.05) is 18.7 Å². The van der Waals surface area contributed by atoms with Gasteiger partial charge in [-0.25, -0.2) is 4.68 Å². The molecular weight excluding hydrogens is 422 g/mol. The van der Waals surface area contributed by atoms with E-state index in [4.69, 9.17) is 4.74 Å². The number of likely N-dealkylation sites (tertiary alicyclic amines) is 1. The number of ether oxygens (including phenoxy) is 1. The van der Waals surface area contributed by atoms with Crippen molar-refractivity contribution in [1.82, 2.24) is 19.8 Å². The van der Waals surface area contributed by atoms with Crippen molar-refractivity contribution >= 4 is 17.7 Å². The molecule has 2 aliphatic heterocycles. The van der Waals surface area contributed by atoms with E-state index in [9.17, 15) is 4.79 Å². The van der Waals surface area contributed by atoms with Crippen LogP contribution in [0.25, 0.3) is 11.4 Å². The first-order valence-electron chi connectivity index (χ1n) is 11.2. The van der Waals surface area contributed by atoms with E-state index in [1.54, 1.807) is 0 Å². The number of aromatic nitrogens is 3.